The van der Waals surface area contributed by atoms with Gasteiger partial charge in [-0.15, -0.1) is 0 Å². The van der Waals surface area contributed by atoms with E-state index in [9.17, 15) is 18.5 Å². The van der Waals surface area contributed by atoms with Crippen LogP contribution in [0.1, 0.15) is 12.8 Å². The minimum absolute atomic E-state index is 0.142. The van der Waals surface area contributed by atoms with E-state index in [1.54, 1.807) is 0 Å². The summed E-state index contributed by atoms with van der Waals surface area (Å²) in [5.41, 5.74) is -0.463. The largest absolute Gasteiger partial charge is 0.313 e. The second-order valence-corrected chi connectivity index (χ2v) is 6.11. The van der Waals surface area contributed by atoms with Crippen LogP contribution < -0.4 is 5.32 Å². The van der Waals surface area contributed by atoms with Crippen LogP contribution in [0.4, 0.5) is 5.69 Å². The van der Waals surface area contributed by atoms with Gasteiger partial charge in [0.05, 0.1) is 10.7 Å². The Hall–Kier alpha value is -1.54. The van der Waals surface area contributed by atoms with Crippen molar-refractivity contribution in [2.45, 2.75) is 23.9 Å². The zero-order valence-corrected chi connectivity index (χ0v) is 10.4. The van der Waals surface area contributed by atoms with E-state index < -0.39 is 25.5 Å². The van der Waals surface area contributed by atoms with Crippen LogP contribution >= 0.6 is 0 Å². The van der Waals surface area contributed by atoms with Gasteiger partial charge in [0.2, 0.25) is 14.9 Å². The third kappa shape index (κ3) is 2.65. The van der Waals surface area contributed by atoms with Gasteiger partial charge < -0.3 is 5.32 Å². The van der Waals surface area contributed by atoms with Crippen LogP contribution in [0, 0.1) is 10.1 Å². The molecule has 0 aliphatic carbocycles. The van der Waals surface area contributed by atoms with Gasteiger partial charge in [-0.1, -0.05) is 0 Å². The molecule has 0 radical (unpaired) electrons. The molecule has 0 bridgehead atoms. The van der Waals surface area contributed by atoms with E-state index in [1.807, 2.05) is 0 Å². The molecule has 1 aromatic heterocycles. The summed E-state index contributed by atoms with van der Waals surface area (Å²) < 4.78 is 24.2. The molecular formula is C10H13N3O4S. The molecule has 1 atom stereocenters. The molecule has 7 nitrogen and oxygen atoms in total. The summed E-state index contributed by atoms with van der Waals surface area (Å²) in [6.07, 6.45) is 2.94. The molecule has 1 N–H and O–H groups in total. The average Bonchev–Trinajstić information content (AvgIpc) is 2.81. The van der Waals surface area contributed by atoms with Gasteiger partial charge in [-0.2, -0.15) is 0 Å². The maximum Gasteiger partial charge on any atom is 0.306 e. The number of nitro groups is 1. The van der Waals surface area contributed by atoms with Crippen molar-refractivity contribution in [2.75, 3.05) is 12.3 Å². The van der Waals surface area contributed by atoms with Crippen molar-refractivity contribution in [3.8, 4) is 0 Å². The van der Waals surface area contributed by atoms with E-state index in [0.717, 1.165) is 25.5 Å². The molecule has 1 fully saturated rings. The number of hydrogen-bond donors (Lipinski definition) is 1. The lowest BCUT2D eigenvalue weighted by atomic mass is 10.3. The normalized spacial score (nSPS) is 19.9. The number of pyridine rings is 1. The Morgan fingerprint density at radius 1 is 1.56 bits per heavy atom. The van der Waals surface area contributed by atoms with Crippen molar-refractivity contribution in [2.24, 2.45) is 0 Å². The van der Waals surface area contributed by atoms with Crippen molar-refractivity contribution in [3.05, 3.63) is 28.4 Å². The summed E-state index contributed by atoms with van der Waals surface area (Å²) >= 11 is 0. The second-order valence-electron chi connectivity index (χ2n) is 4.16. The highest BCUT2D eigenvalue weighted by Crippen LogP contribution is 2.23. The van der Waals surface area contributed by atoms with Gasteiger partial charge in [-0.05, 0) is 25.5 Å². The van der Waals surface area contributed by atoms with Crippen LogP contribution in [-0.4, -0.2) is 36.7 Å². The molecule has 0 saturated carbocycles. The lowest BCUT2D eigenvalue weighted by Gasteiger charge is -2.10. The third-order valence-electron chi connectivity index (χ3n) is 2.83. The molecule has 0 spiro atoms. The highest BCUT2D eigenvalue weighted by atomic mass is 32.2. The predicted octanol–water partition coefficient (Wildman–Crippen LogP) is 0.515. The van der Waals surface area contributed by atoms with Gasteiger partial charge in [-0.3, -0.25) is 10.1 Å². The number of sulfone groups is 1. The molecule has 1 saturated heterocycles. The van der Waals surface area contributed by atoms with Crippen LogP contribution in [0.25, 0.3) is 0 Å². The quantitative estimate of drug-likeness (QED) is 0.632. The number of nitrogens with zero attached hydrogens (tertiary/aromatic N) is 2. The van der Waals surface area contributed by atoms with Gasteiger partial charge >= 0.3 is 5.69 Å². The third-order valence-corrected chi connectivity index (χ3v) is 4.57. The van der Waals surface area contributed by atoms with Crippen molar-refractivity contribution in [1.29, 1.82) is 0 Å². The Balaban J connectivity index is 2.31. The van der Waals surface area contributed by atoms with Crippen LogP contribution in [0.15, 0.2) is 23.4 Å². The fourth-order valence-corrected chi connectivity index (χ4v) is 3.66. The summed E-state index contributed by atoms with van der Waals surface area (Å²) in [5.74, 6) is -0.148. The van der Waals surface area contributed by atoms with E-state index in [0.29, 0.717) is 0 Å². The minimum atomic E-state index is -3.73. The fraction of sp³-hybridized carbons (Fsp3) is 0.500. The minimum Gasteiger partial charge on any atom is -0.313 e. The zero-order chi connectivity index (χ0) is 13.2. The first-order valence-electron chi connectivity index (χ1n) is 5.56. The summed E-state index contributed by atoms with van der Waals surface area (Å²) in [6, 6.07) is 2.36. The molecular weight excluding hydrogens is 258 g/mol. The Morgan fingerprint density at radius 2 is 2.33 bits per heavy atom. The lowest BCUT2D eigenvalue weighted by molar-refractivity contribution is -0.388. The van der Waals surface area contributed by atoms with Crippen molar-refractivity contribution >= 4 is 15.5 Å². The molecule has 8 heteroatoms. The molecule has 1 aliphatic rings. The molecule has 0 aromatic carbocycles. The number of nitrogens with one attached hydrogen (secondary N) is 1. The van der Waals surface area contributed by atoms with Crippen molar-refractivity contribution in [3.63, 3.8) is 0 Å². The summed E-state index contributed by atoms with van der Waals surface area (Å²) in [5, 5.41) is 13.4. The van der Waals surface area contributed by atoms with Crippen molar-refractivity contribution < 1.29 is 13.3 Å². The van der Waals surface area contributed by atoms with Gasteiger partial charge in [0.1, 0.15) is 0 Å². The Morgan fingerprint density at radius 3 is 2.94 bits per heavy atom. The SMILES string of the molecule is O=[N+]([O-])c1cccnc1S(=O)(=O)CC1CCCN1. The molecule has 18 heavy (non-hydrogen) atoms. The van der Waals surface area contributed by atoms with Gasteiger partial charge in [0.25, 0.3) is 0 Å². The fourth-order valence-electron chi connectivity index (χ4n) is 2.00. The van der Waals surface area contributed by atoms with E-state index in [-0.39, 0.29) is 11.8 Å². The molecule has 98 valence electrons. The predicted molar refractivity (Wildman–Crippen MR) is 64.0 cm³/mol. The molecule has 1 unspecified atom stereocenters. The Kier molecular flexibility index (Phi) is 3.58. The Labute approximate surface area is 104 Å². The van der Waals surface area contributed by atoms with Crippen LogP contribution in [0.2, 0.25) is 0 Å². The molecule has 0 amide bonds. The van der Waals surface area contributed by atoms with Gasteiger partial charge in [-0.25, -0.2) is 13.4 Å². The highest BCUT2D eigenvalue weighted by Gasteiger charge is 2.30. The van der Waals surface area contributed by atoms with Crippen LogP contribution in [0.3, 0.4) is 0 Å². The number of aromatic nitrogens is 1. The smallest absolute Gasteiger partial charge is 0.306 e. The molecule has 1 aliphatic heterocycles. The number of hydrogen-bond acceptors (Lipinski definition) is 6. The van der Waals surface area contributed by atoms with E-state index in [4.69, 9.17) is 0 Å². The zero-order valence-electron chi connectivity index (χ0n) is 9.57. The average molecular weight is 271 g/mol. The van der Waals surface area contributed by atoms with Gasteiger partial charge in [0, 0.05) is 18.3 Å². The first kappa shape index (κ1) is 12.9. The number of rotatable bonds is 4. The molecule has 2 heterocycles. The molecule has 1 aromatic rings. The monoisotopic (exact) mass is 271 g/mol. The van der Waals surface area contributed by atoms with Gasteiger partial charge in [0.15, 0.2) is 0 Å². The van der Waals surface area contributed by atoms with E-state index in [1.165, 1.54) is 12.3 Å². The summed E-state index contributed by atoms with van der Waals surface area (Å²) in [7, 11) is -3.73. The maximum absolute atomic E-state index is 12.1. The Bertz CT molecular complexity index is 552. The van der Waals surface area contributed by atoms with E-state index >= 15 is 0 Å². The van der Waals surface area contributed by atoms with Crippen LogP contribution in [0.5, 0.6) is 0 Å². The van der Waals surface area contributed by atoms with Crippen LogP contribution in [-0.2, 0) is 9.84 Å². The first-order valence-corrected chi connectivity index (χ1v) is 7.21. The first-order chi connectivity index (χ1) is 8.50. The molecule has 2 rings (SSSR count). The summed E-state index contributed by atoms with van der Waals surface area (Å²) in [4.78, 5) is 13.7. The second kappa shape index (κ2) is 4.99. The van der Waals surface area contributed by atoms with E-state index in [2.05, 4.69) is 10.3 Å². The standard InChI is InChI=1S/C10H13N3O4S/c14-13(15)9-4-2-6-12-10(9)18(16,17)7-8-3-1-5-11-8/h2,4,6,8,11H,1,3,5,7H2. The topological polar surface area (TPSA) is 102 Å². The lowest BCUT2D eigenvalue weighted by Crippen LogP contribution is -2.30. The maximum atomic E-state index is 12.1. The van der Waals surface area contributed by atoms with Crippen molar-refractivity contribution in [1.82, 2.24) is 10.3 Å². The highest BCUT2D eigenvalue weighted by molar-refractivity contribution is 7.91. The summed E-state index contributed by atoms with van der Waals surface area (Å²) in [6.45, 7) is 0.782.